The minimum absolute atomic E-state index is 0.113. The van der Waals surface area contributed by atoms with E-state index < -0.39 is 6.17 Å². The Morgan fingerprint density at radius 2 is 1.68 bits per heavy atom. The van der Waals surface area contributed by atoms with Gasteiger partial charge in [0.2, 0.25) is 11.9 Å². The molecular weight excluding hydrogens is 342 g/mol. The summed E-state index contributed by atoms with van der Waals surface area (Å²) in [5.74, 6) is 1.57. The molecular formula is C17H18ClN5O2. The smallest absolute Gasteiger partial charge is 0.221 e. The molecule has 0 aliphatic carbocycles. The first-order chi connectivity index (χ1) is 12.0. The van der Waals surface area contributed by atoms with Crippen LogP contribution in [0.4, 0.5) is 5.69 Å². The monoisotopic (exact) mass is 359 g/mol. The van der Waals surface area contributed by atoms with Gasteiger partial charge in [0.15, 0.2) is 17.7 Å². The maximum absolute atomic E-state index is 6.12. The molecule has 0 spiro atoms. The predicted octanol–water partition coefficient (Wildman–Crippen LogP) is 2.51. The minimum atomic E-state index is -0.488. The summed E-state index contributed by atoms with van der Waals surface area (Å²) < 4.78 is 10.7. The highest BCUT2D eigenvalue weighted by Gasteiger charge is 2.28. The topological polar surface area (TPSA) is 98.5 Å². The number of nitrogens with zero attached hydrogens (tertiary/aromatic N) is 3. The number of anilines is 1. The SMILES string of the molecule is COc1ccc([C@H]2N=C(N)N=C(N)N2c2ccc(Cl)cc2)cc1OC. The van der Waals surface area contributed by atoms with Gasteiger partial charge in [0.05, 0.1) is 14.2 Å². The molecule has 0 saturated carbocycles. The van der Waals surface area contributed by atoms with Crippen molar-refractivity contribution in [3.63, 3.8) is 0 Å². The van der Waals surface area contributed by atoms with Crippen LogP contribution in [-0.2, 0) is 0 Å². The number of nitrogens with two attached hydrogens (primary N) is 2. The lowest BCUT2D eigenvalue weighted by Crippen LogP contribution is -2.44. The van der Waals surface area contributed by atoms with Gasteiger partial charge in [-0.15, -0.1) is 0 Å². The number of halogens is 1. The molecule has 0 aromatic heterocycles. The molecule has 2 aromatic carbocycles. The zero-order valence-corrected chi connectivity index (χ0v) is 14.6. The Morgan fingerprint density at radius 1 is 1.00 bits per heavy atom. The average molecular weight is 360 g/mol. The third kappa shape index (κ3) is 3.32. The summed E-state index contributed by atoms with van der Waals surface area (Å²) in [6.07, 6.45) is -0.488. The van der Waals surface area contributed by atoms with Crippen LogP contribution in [0.3, 0.4) is 0 Å². The van der Waals surface area contributed by atoms with E-state index >= 15 is 0 Å². The van der Waals surface area contributed by atoms with Gasteiger partial charge in [0.1, 0.15) is 0 Å². The largest absolute Gasteiger partial charge is 0.493 e. The van der Waals surface area contributed by atoms with Crippen molar-refractivity contribution in [2.24, 2.45) is 21.5 Å². The fraction of sp³-hybridized carbons (Fsp3) is 0.176. The quantitative estimate of drug-likeness (QED) is 0.873. The van der Waals surface area contributed by atoms with E-state index in [9.17, 15) is 0 Å². The lowest BCUT2D eigenvalue weighted by atomic mass is 10.1. The van der Waals surface area contributed by atoms with Gasteiger partial charge in [-0.3, -0.25) is 4.90 Å². The highest BCUT2D eigenvalue weighted by atomic mass is 35.5. The highest BCUT2D eigenvalue weighted by molar-refractivity contribution is 6.30. The number of hydrogen-bond donors (Lipinski definition) is 2. The maximum Gasteiger partial charge on any atom is 0.221 e. The van der Waals surface area contributed by atoms with Crippen molar-refractivity contribution in [2.45, 2.75) is 6.17 Å². The van der Waals surface area contributed by atoms with E-state index in [0.717, 1.165) is 11.3 Å². The number of methoxy groups -OCH3 is 2. The lowest BCUT2D eigenvalue weighted by Gasteiger charge is -2.33. The first-order valence-corrected chi connectivity index (χ1v) is 7.85. The van der Waals surface area contributed by atoms with Crippen LogP contribution in [0.15, 0.2) is 52.4 Å². The molecule has 8 heteroatoms. The van der Waals surface area contributed by atoms with Crippen LogP contribution in [0.25, 0.3) is 0 Å². The van der Waals surface area contributed by atoms with Gasteiger partial charge in [-0.25, -0.2) is 4.99 Å². The average Bonchev–Trinajstić information content (AvgIpc) is 2.61. The fourth-order valence-corrected chi connectivity index (χ4v) is 2.75. The second kappa shape index (κ2) is 6.90. The molecule has 0 saturated heterocycles. The van der Waals surface area contributed by atoms with Crippen LogP contribution in [-0.4, -0.2) is 26.1 Å². The lowest BCUT2D eigenvalue weighted by molar-refractivity contribution is 0.354. The van der Waals surface area contributed by atoms with Gasteiger partial charge in [-0.05, 0) is 36.4 Å². The Labute approximate surface area is 150 Å². The van der Waals surface area contributed by atoms with Gasteiger partial charge < -0.3 is 20.9 Å². The van der Waals surface area contributed by atoms with Gasteiger partial charge >= 0.3 is 0 Å². The summed E-state index contributed by atoms with van der Waals surface area (Å²) >= 11 is 5.98. The highest BCUT2D eigenvalue weighted by Crippen LogP contribution is 2.35. The van der Waals surface area contributed by atoms with Crippen molar-refractivity contribution in [2.75, 3.05) is 19.1 Å². The number of guanidine groups is 2. The van der Waals surface area contributed by atoms with E-state index in [0.29, 0.717) is 16.5 Å². The molecule has 2 aromatic rings. The van der Waals surface area contributed by atoms with Crippen LogP contribution in [0.5, 0.6) is 11.5 Å². The zero-order chi connectivity index (χ0) is 18.0. The van der Waals surface area contributed by atoms with Crippen LogP contribution >= 0.6 is 11.6 Å². The fourth-order valence-electron chi connectivity index (χ4n) is 2.62. The van der Waals surface area contributed by atoms with Crippen LogP contribution < -0.4 is 25.8 Å². The normalized spacial score (nSPS) is 16.9. The summed E-state index contributed by atoms with van der Waals surface area (Å²) in [6.45, 7) is 0. The van der Waals surface area contributed by atoms with Gasteiger partial charge in [-0.1, -0.05) is 17.7 Å². The van der Waals surface area contributed by atoms with Crippen LogP contribution in [0.1, 0.15) is 11.7 Å². The van der Waals surface area contributed by atoms with Crippen LogP contribution in [0.2, 0.25) is 5.02 Å². The van der Waals surface area contributed by atoms with E-state index in [1.54, 1.807) is 31.3 Å². The predicted molar refractivity (Wildman–Crippen MR) is 99.5 cm³/mol. The first kappa shape index (κ1) is 16.9. The molecule has 0 fully saturated rings. The minimum Gasteiger partial charge on any atom is -0.493 e. The van der Waals surface area contributed by atoms with Crippen LogP contribution in [0, 0.1) is 0 Å². The molecule has 1 aliphatic rings. The Bertz CT molecular complexity index is 835. The second-order valence-electron chi connectivity index (χ2n) is 5.29. The van der Waals surface area contributed by atoms with Gasteiger partial charge in [0, 0.05) is 16.3 Å². The summed E-state index contributed by atoms with van der Waals surface area (Å²) in [5, 5.41) is 0.627. The molecule has 1 aliphatic heterocycles. The summed E-state index contributed by atoms with van der Waals surface area (Å²) in [5.41, 5.74) is 13.6. The van der Waals surface area contributed by atoms with E-state index in [1.807, 2.05) is 30.3 Å². The van der Waals surface area contributed by atoms with Crippen molar-refractivity contribution >= 4 is 29.2 Å². The van der Waals surface area contributed by atoms with Gasteiger partial charge in [-0.2, -0.15) is 4.99 Å². The van der Waals surface area contributed by atoms with Crippen molar-refractivity contribution in [1.29, 1.82) is 0 Å². The second-order valence-corrected chi connectivity index (χ2v) is 5.73. The molecule has 130 valence electrons. The molecule has 7 nitrogen and oxygen atoms in total. The molecule has 1 atom stereocenters. The Balaban J connectivity index is 2.07. The molecule has 3 rings (SSSR count). The molecule has 0 radical (unpaired) electrons. The molecule has 25 heavy (non-hydrogen) atoms. The Morgan fingerprint density at radius 3 is 2.32 bits per heavy atom. The maximum atomic E-state index is 6.12. The summed E-state index contributed by atoms with van der Waals surface area (Å²) in [7, 11) is 3.16. The zero-order valence-electron chi connectivity index (χ0n) is 13.8. The Hall–Kier alpha value is -2.93. The Kier molecular flexibility index (Phi) is 4.67. The van der Waals surface area contributed by atoms with Crippen molar-refractivity contribution < 1.29 is 9.47 Å². The number of hydrogen-bond acceptors (Lipinski definition) is 7. The van der Waals surface area contributed by atoms with Crippen molar-refractivity contribution in [3.05, 3.63) is 53.1 Å². The van der Waals surface area contributed by atoms with E-state index in [4.69, 9.17) is 32.5 Å². The van der Waals surface area contributed by atoms with Crippen molar-refractivity contribution in [1.82, 2.24) is 0 Å². The van der Waals surface area contributed by atoms with E-state index in [-0.39, 0.29) is 11.9 Å². The molecule has 1 heterocycles. The number of aliphatic imine (C=N–C) groups is 2. The van der Waals surface area contributed by atoms with Gasteiger partial charge in [0.25, 0.3) is 0 Å². The van der Waals surface area contributed by atoms with E-state index in [1.165, 1.54) is 0 Å². The molecule has 4 N–H and O–H groups in total. The molecule has 0 bridgehead atoms. The summed E-state index contributed by atoms with van der Waals surface area (Å²) in [6, 6.07) is 12.8. The number of benzene rings is 2. The first-order valence-electron chi connectivity index (χ1n) is 7.47. The van der Waals surface area contributed by atoms with Crippen molar-refractivity contribution in [3.8, 4) is 11.5 Å². The standard InChI is InChI=1S/C17H18ClN5O2/c1-24-13-8-3-10(9-14(13)25-2)15-21-16(19)22-17(20)23(15)12-6-4-11(18)5-7-12/h3-9,15H,1-2H3,(H4,19,20,21,22)/t15-/m0/s1. The molecule has 0 amide bonds. The number of rotatable bonds is 4. The molecule has 0 unspecified atom stereocenters. The summed E-state index contributed by atoms with van der Waals surface area (Å²) in [4.78, 5) is 10.3. The number of ether oxygens (including phenoxy) is 2. The third-order valence-corrected chi connectivity index (χ3v) is 4.04. The van der Waals surface area contributed by atoms with E-state index in [2.05, 4.69) is 9.98 Å². The third-order valence-electron chi connectivity index (χ3n) is 3.79.